The van der Waals surface area contributed by atoms with Gasteiger partial charge >= 0.3 is 6.18 Å². The Morgan fingerprint density at radius 2 is 1.90 bits per heavy atom. The number of aromatic nitrogens is 2. The number of hydrogen-bond acceptors (Lipinski definition) is 4. The molecule has 156 valence electrons. The van der Waals surface area contributed by atoms with Gasteiger partial charge in [-0.15, -0.1) is 0 Å². The third-order valence-electron chi connectivity index (χ3n) is 6.00. The number of halogens is 3. The lowest BCUT2D eigenvalue weighted by Gasteiger charge is -2.38. The second-order valence-electron chi connectivity index (χ2n) is 8.38. The minimum atomic E-state index is -4.46. The predicted octanol–water partition coefficient (Wildman–Crippen LogP) is 4.17. The Morgan fingerprint density at radius 3 is 2.59 bits per heavy atom. The molecule has 8 heteroatoms. The number of nitrogens with zero attached hydrogens (tertiary/aromatic N) is 3. The average Bonchev–Trinajstić information content (AvgIpc) is 3.09. The first kappa shape index (κ1) is 19.9. The van der Waals surface area contributed by atoms with E-state index in [2.05, 4.69) is 27.1 Å². The molecule has 1 unspecified atom stereocenters. The van der Waals surface area contributed by atoms with E-state index in [1.165, 1.54) is 18.5 Å². The largest absolute Gasteiger partial charge is 0.418 e. The maximum absolute atomic E-state index is 13.4. The van der Waals surface area contributed by atoms with E-state index in [-0.39, 0.29) is 17.5 Å². The number of piperidine rings is 1. The molecule has 4 rings (SSSR count). The number of hydrogen-bond donors (Lipinski definition) is 1. The summed E-state index contributed by atoms with van der Waals surface area (Å²) in [6.45, 7) is 3.74. The maximum atomic E-state index is 13.4. The van der Waals surface area contributed by atoms with E-state index in [0.29, 0.717) is 29.5 Å². The lowest BCUT2D eigenvalue weighted by atomic mass is 9.86. The van der Waals surface area contributed by atoms with Crippen molar-refractivity contribution in [3.8, 4) is 0 Å². The van der Waals surface area contributed by atoms with Crippen molar-refractivity contribution < 1.29 is 18.0 Å². The zero-order valence-corrected chi connectivity index (χ0v) is 16.4. The summed E-state index contributed by atoms with van der Waals surface area (Å²) in [6.07, 6.45) is 2.81. The standard InChI is InChI=1S/C21H25F3N4O/c1-13-10-14(2-3-15-4-7-18(29)27-15)12-28(11-13)17-6-5-16(21(22,23)24)19-20(17)26-9-8-25-19/h5-6,8-9,13-15H,2-4,7,10-12H2,1H3,(H,27,29)/t13-,14+,15?/m0/s1. The van der Waals surface area contributed by atoms with E-state index in [1.807, 2.05) is 0 Å². The van der Waals surface area contributed by atoms with Gasteiger partial charge in [0.05, 0.1) is 11.3 Å². The van der Waals surface area contributed by atoms with Gasteiger partial charge in [0, 0.05) is 37.9 Å². The Kier molecular flexibility index (Phi) is 5.36. The molecule has 1 N–H and O–H groups in total. The van der Waals surface area contributed by atoms with E-state index in [0.717, 1.165) is 44.8 Å². The van der Waals surface area contributed by atoms with Crippen LogP contribution in [0.2, 0.25) is 0 Å². The Hall–Kier alpha value is -2.38. The third-order valence-corrected chi connectivity index (χ3v) is 6.00. The van der Waals surface area contributed by atoms with Crippen molar-refractivity contribution in [2.75, 3.05) is 18.0 Å². The number of carbonyl (C=O) groups excluding carboxylic acids is 1. The van der Waals surface area contributed by atoms with Crippen molar-refractivity contribution in [1.82, 2.24) is 15.3 Å². The Labute approximate surface area is 167 Å². The molecule has 2 saturated heterocycles. The Bertz CT molecular complexity index is 901. The van der Waals surface area contributed by atoms with E-state index in [1.54, 1.807) is 0 Å². The van der Waals surface area contributed by atoms with Gasteiger partial charge in [0.25, 0.3) is 0 Å². The van der Waals surface area contributed by atoms with Gasteiger partial charge in [-0.1, -0.05) is 6.92 Å². The number of amides is 1. The number of nitrogens with one attached hydrogen (secondary N) is 1. The van der Waals surface area contributed by atoms with Crippen molar-refractivity contribution in [3.05, 3.63) is 30.1 Å². The summed E-state index contributed by atoms with van der Waals surface area (Å²) in [5.74, 6) is 0.995. The van der Waals surface area contributed by atoms with Gasteiger partial charge in [-0.25, -0.2) is 0 Å². The summed E-state index contributed by atoms with van der Waals surface area (Å²) in [6, 6.07) is 2.91. The van der Waals surface area contributed by atoms with Crippen LogP contribution in [0, 0.1) is 11.8 Å². The smallest absolute Gasteiger partial charge is 0.369 e. The van der Waals surface area contributed by atoms with Crippen LogP contribution in [0.25, 0.3) is 11.0 Å². The highest BCUT2D eigenvalue weighted by atomic mass is 19.4. The lowest BCUT2D eigenvalue weighted by molar-refractivity contribution is -0.136. The summed E-state index contributed by atoms with van der Waals surface area (Å²) in [5.41, 5.74) is 0.175. The second-order valence-corrected chi connectivity index (χ2v) is 8.38. The number of anilines is 1. The molecule has 1 aromatic heterocycles. The molecule has 2 fully saturated rings. The molecule has 3 atom stereocenters. The molecule has 0 spiro atoms. The quantitative estimate of drug-likeness (QED) is 0.828. The highest BCUT2D eigenvalue weighted by molar-refractivity contribution is 5.90. The SMILES string of the molecule is C[C@H]1C[C@@H](CCC2CCC(=O)N2)CN(c2ccc(C(F)(F)F)c3nccnc23)C1. The Morgan fingerprint density at radius 1 is 1.14 bits per heavy atom. The van der Waals surface area contributed by atoms with Crippen LogP contribution in [0.5, 0.6) is 0 Å². The molecule has 2 aliphatic heterocycles. The minimum absolute atomic E-state index is 0.0963. The van der Waals surface area contributed by atoms with Gasteiger partial charge in [-0.05, 0) is 49.7 Å². The fraction of sp³-hybridized carbons (Fsp3) is 0.571. The topological polar surface area (TPSA) is 58.1 Å². The zero-order chi connectivity index (χ0) is 20.6. The summed E-state index contributed by atoms with van der Waals surface area (Å²) in [7, 11) is 0. The third kappa shape index (κ3) is 4.31. The molecule has 2 aliphatic rings. The monoisotopic (exact) mass is 406 g/mol. The number of fused-ring (bicyclic) bond motifs is 1. The summed E-state index contributed by atoms with van der Waals surface area (Å²) in [5, 5.41) is 3.01. The van der Waals surface area contributed by atoms with Crippen molar-refractivity contribution >= 4 is 22.6 Å². The lowest BCUT2D eigenvalue weighted by Crippen LogP contribution is -2.40. The molecule has 2 aromatic rings. The number of benzene rings is 1. The summed E-state index contributed by atoms with van der Waals surface area (Å²) in [4.78, 5) is 21.8. The highest BCUT2D eigenvalue weighted by Gasteiger charge is 2.35. The fourth-order valence-electron chi connectivity index (χ4n) is 4.74. The van der Waals surface area contributed by atoms with E-state index < -0.39 is 11.7 Å². The molecule has 0 aliphatic carbocycles. The van der Waals surface area contributed by atoms with Crippen molar-refractivity contribution in [2.24, 2.45) is 11.8 Å². The van der Waals surface area contributed by atoms with E-state index >= 15 is 0 Å². The average molecular weight is 406 g/mol. The van der Waals surface area contributed by atoms with Crippen LogP contribution in [0.1, 0.15) is 44.6 Å². The van der Waals surface area contributed by atoms with Crippen LogP contribution in [-0.4, -0.2) is 35.0 Å². The van der Waals surface area contributed by atoms with Gasteiger partial charge < -0.3 is 10.2 Å². The first-order valence-corrected chi connectivity index (χ1v) is 10.2. The van der Waals surface area contributed by atoms with Crippen LogP contribution >= 0.6 is 0 Å². The van der Waals surface area contributed by atoms with Gasteiger partial charge in [-0.3, -0.25) is 14.8 Å². The number of alkyl halides is 3. The molecule has 1 amide bonds. The second kappa shape index (κ2) is 7.80. The number of carbonyl (C=O) groups is 1. The fourth-order valence-corrected chi connectivity index (χ4v) is 4.74. The number of rotatable bonds is 4. The minimum Gasteiger partial charge on any atom is -0.369 e. The van der Waals surface area contributed by atoms with Gasteiger partial charge in [-0.2, -0.15) is 13.2 Å². The van der Waals surface area contributed by atoms with E-state index in [4.69, 9.17) is 0 Å². The van der Waals surface area contributed by atoms with Crippen LogP contribution < -0.4 is 10.2 Å². The van der Waals surface area contributed by atoms with Crippen LogP contribution in [-0.2, 0) is 11.0 Å². The van der Waals surface area contributed by atoms with Gasteiger partial charge in [0.15, 0.2) is 0 Å². The van der Waals surface area contributed by atoms with Gasteiger partial charge in [0.1, 0.15) is 11.0 Å². The molecule has 29 heavy (non-hydrogen) atoms. The zero-order valence-electron chi connectivity index (χ0n) is 16.4. The van der Waals surface area contributed by atoms with Crippen molar-refractivity contribution in [3.63, 3.8) is 0 Å². The molecule has 5 nitrogen and oxygen atoms in total. The van der Waals surface area contributed by atoms with E-state index in [9.17, 15) is 18.0 Å². The maximum Gasteiger partial charge on any atom is 0.418 e. The first-order chi connectivity index (χ1) is 13.8. The molecule has 1 aromatic carbocycles. The highest BCUT2D eigenvalue weighted by Crippen LogP contribution is 2.38. The Balaban J connectivity index is 1.55. The molecule has 0 bridgehead atoms. The molecule has 0 radical (unpaired) electrons. The van der Waals surface area contributed by atoms with Crippen molar-refractivity contribution in [2.45, 2.75) is 51.2 Å². The van der Waals surface area contributed by atoms with Crippen LogP contribution in [0.3, 0.4) is 0 Å². The van der Waals surface area contributed by atoms with Gasteiger partial charge in [0.2, 0.25) is 5.91 Å². The molecular formula is C21H25F3N4O. The normalized spacial score (nSPS) is 25.4. The summed E-state index contributed by atoms with van der Waals surface area (Å²) >= 11 is 0. The molecule has 0 saturated carbocycles. The first-order valence-electron chi connectivity index (χ1n) is 10.2. The van der Waals surface area contributed by atoms with Crippen LogP contribution in [0.4, 0.5) is 18.9 Å². The van der Waals surface area contributed by atoms with Crippen molar-refractivity contribution in [1.29, 1.82) is 0 Å². The summed E-state index contributed by atoms with van der Waals surface area (Å²) < 4.78 is 40.1. The predicted molar refractivity (Wildman–Crippen MR) is 104 cm³/mol. The molecular weight excluding hydrogens is 381 g/mol. The molecule has 3 heterocycles. The van der Waals surface area contributed by atoms with Crippen LogP contribution in [0.15, 0.2) is 24.5 Å².